The summed E-state index contributed by atoms with van der Waals surface area (Å²) in [5, 5.41) is 0. The summed E-state index contributed by atoms with van der Waals surface area (Å²) in [5.74, 6) is 0.750. The molecule has 1 spiro atoms. The van der Waals surface area contributed by atoms with E-state index in [2.05, 4.69) is 27.9 Å². The molecular formula is C23H27N5O3. The molecule has 0 atom stereocenters. The third-order valence-electron chi connectivity index (χ3n) is 7.24. The van der Waals surface area contributed by atoms with Gasteiger partial charge in [-0.2, -0.15) is 4.98 Å². The summed E-state index contributed by atoms with van der Waals surface area (Å²) in [4.78, 5) is 37.3. The van der Waals surface area contributed by atoms with Crippen molar-refractivity contribution in [1.29, 1.82) is 0 Å². The van der Waals surface area contributed by atoms with Gasteiger partial charge in [-0.25, -0.2) is 9.78 Å². The molecule has 0 unspecified atom stereocenters. The first kappa shape index (κ1) is 19.9. The van der Waals surface area contributed by atoms with Gasteiger partial charge in [0, 0.05) is 24.8 Å². The van der Waals surface area contributed by atoms with E-state index in [0.717, 1.165) is 50.9 Å². The van der Waals surface area contributed by atoms with Gasteiger partial charge in [0.25, 0.3) is 0 Å². The molecule has 3 aliphatic heterocycles. The minimum atomic E-state index is -0.280. The topological polar surface area (TPSA) is 102 Å². The molecule has 0 radical (unpaired) electrons. The van der Waals surface area contributed by atoms with Crippen molar-refractivity contribution in [3.63, 3.8) is 0 Å². The summed E-state index contributed by atoms with van der Waals surface area (Å²) in [6.45, 7) is 5.92. The average molecular weight is 422 g/mol. The first-order valence-corrected chi connectivity index (χ1v) is 10.9. The van der Waals surface area contributed by atoms with Crippen molar-refractivity contribution >= 4 is 23.6 Å². The third kappa shape index (κ3) is 3.44. The predicted octanol–water partition coefficient (Wildman–Crippen LogP) is 2.10. The number of nitrogens with two attached hydrogens (primary N) is 1. The molecule has 4 heterocycles. The van der Waals surface area contributed by atoms with Crippen molar-refractivity contribution in [3.05, 3.63) is 46.6 Å². The number of cyclic esters (lactones) is 1. The van der Waals surface area contributed by atoms with Crippen LogP contribution in [0.4, 0.5) is 11.8 Å². The van der Waals surface area contributed by atoms with Crippen LogP contribution >= 0.6 is 0 Å². The van der Waals surface area contributed by atoms with Gasteiger partial charge in [-0.1, -0.05) is 6.07 Å². The van der Waals surface area contributed by atoms with Crippen LogP contribution in [0.3, 0.4) is 0 Å². The van der Waals surface area contributed by atoms with Crippen LogP contribution in [0.2, 0.25) is 0 Å². The van der Waals surface area contributed by atoms with Gasteiger partial charge in [-0.15, -0.1) is 0 Å². The molecule has 1 aromatic carbocycles. The van der Waals surface area contributed by atoms with E-state index >= 15 is 0 Å². The van der Waals surface area contributed by atoms with Crippen LogP contribution in [0.15, 0.2) is 24.4 Å². The lowest BCUT2D eigenvalue weighted by molar-refractivity contribution is -0.128. The predicted molar refractivity (Wildman–Crippen MR) is 116 cm³/mol. The van der Waals surface area contributed by atoms with Crippen molar-refractivity contribution in [1.82, 2.24) is 14.9 Å². The normalized spacial score (nSPS) is 20.4. The van der Waals surface area contributed by atoms with Crippen LogP contribution in [0, 0.1) is 12.3 Å². The monoisotopic (exact) mass is 421 g/mol. The Bertz CT molecular complexity index is 1050. The van der Waals surface area contributed by atoms with E-state index in [4.69, 9.17) is 10.5 Å². The Hall–Kier alpha value is -3.00. The standard InChI is InChI=1S/C23H27N5O3/c1-15-16(2-3-17-18(15)14-31-20(17)29)5-10-27-11-6-23(7-12-27)8-13-28(21(23)30)19-4-9-25-22(24)26-19/h2-4,9H,5-8,10-14H2,1H3,(H2,24,25,26). The molecule has 0 saturated carbocycles. The second-order valence-electron chi connectivity index (χ2n) is 8.80. The highest BCUT2D eigenvalue weighted by Gasteiger charge is 2.48. The summed E-state index contributed by atoms with van der Waals surface area (Å²) in [6.07, 6.45) is 5.13. The number of nitrogens with zero attached hydrogens (tertiary/aromatic N) is 4. The molecular weight excluding hydrogens is 394 g/mol. The van der Waals surface area contributed by atoms with Gasteiger partial charge in [0.05, 0.1) is 11.0 Å². The van der Waals surface area contributed by atoms with Crippen molar-refractivity contribution in [2.45, 2.75) is 39.2 Å². The van der Waals surface area contributed by atoms with Crippen LogP contribution in [-0.4, -0.2) is 52.9 Å². The van der Waals surface area contributed by atoms with Crippen molar-refractivity contribution in [2.75, 3.05) is 36.8 Å². The fraction of sp³-hybridized carbons (Fsp3) is 0.478. The zero-order valence-corrected chi connectivity index (χ0v) is 17.8. The van der Waals surface area contributed by atoms with E-state index in [1.165, 1.54) is 11.1 Å². The summed E-state index contributed by atoms with van der Waals surface area (Å²) in [7, 11) is 0. The maximum absolute atomic E-state index is 13.2. The fourth-order valence-electron chi connectivity index (χ4n) is 5.17. The number of rotatable bonds is 4. The maximum atomic E-state index is 13.2. The number of aromatic nitrogens is 2. The lowest BCUT2D eigenvalue weighted by atomic mass is 9.77. The van der Waals surface area contributed by atoms with E-state index in [0.29, 0.717) is 24.5 Å². The Kier molecular flexibility index (Phi) is 4.89. The molecule has 1 aromatic heterocycles. The molecule has 1 amide bonds. The van der Waals surface area contributed by atoms with Crippen LogP contribution in [0.25, 0.3) is 0 Å². The van der Waals surface area contributed by atoms with Crippen LogP contribution in [0.1, 0.15) is 46.3 Å². The molecule has 5 rings (SSSR count). The molecule has 31 heavy (non-hydrogen) atoms. The van der Waals surface area contributed by atoms with Crippen LogP contribution < -0.4 is 10.6 Å². The number of likely N-dealkylation sites (tertiary alicyclic amines) is 1. The molecule has 162 valence electrons. The first-order chi connectivity index (χ1) is 15.0. The third-order valence-corrected chi connectivity index (χ3v) is 7.24. The highest BCUT2D eigenvalue weighted by molar-refractivity contribution is 5.99. The second-order valence-corrected chi connectivity index (χ2v) is 8.80. The van der Waals surface area contributed by atoms with E-state index in [1.54, 1.807) is 17.2 Å². The first-order valence-electron chi connectivity index (χ1n) is 10.9. The lowest BCUT2D eigenvalue weighted by Gasteiger charge is -2.38. The summed E-state index contributed by atoms with van der Waals surface area (Å²) >= 11 is 0. The van der Waals surface area contributed by atoms with E-state index < -0.39 is 0 Å². The number of benzene rings is 1. The molecule has 2 saturated heterocycles. The number of nitrogen functional groups attached to an aromatic ring is 1. The average Bonchev–Trinajstić information content (AvgIpc) is 3.30. The Morgan fingerprint density at radius 1 is 1.13 bits per heavy atom. The van der Waals surface area contributed by atoms with E-state index in [9.17, 15) is 9.59 Å². The second kappa shape index (κ2) is 7.60. The van der Waals surface area contributed by atoms with E-state index in [-0.39, 0.29) is 23.2 Å². The number of piperidine rings is 1. The van der Waals surface area contributed by atoms with Crippen molar-refractivity contribution in [3.8, 4) is 0 Å². The maximum Gasteiger partial charge on any atom is 0.338 e. The zero-order chi connectivity index (χ0) is 21.6. The van der Waals surface area contributed by atoms with Gasteiger partial charge in [0.15, 0.2) is 0 Å². The van der Waals surface area contributed by atoms with Crippen LogP contribution in [-0.2, 0) is 22.6 Å². The Morgan fingerprint density at radius 3 is 2.68 bits per heavy atom. The SMILES string of the molecule is Cc1c(CCN2CCC3(CC2)CCN(c2ccnc(N)n2)C3=O)ccc2c1COC2=O. The number of carbonyl (C=O) groups is 2. The number of esters is 1. The van der Waals surface area contributed by atoms with Gasteiger partial charge in [0.1, 0.15) is 12.4 Å². The summed E-state index contributed by atoms with van der Waals surface area (Å²) in [6, 6.07) is 5.70. The van der Waals surface area contributed by atoms with Gasteiger partial charge < -0.3 is 15.4 Å². The Morgan fingerprint density at radius 2 is 1.90 bits per heavy atom. The lowest BCUT2D eigenvalue weighted by Crippen LogP contribution is -2.45. The van der Waals surface area contributed by atoms with Crippen molar-refractivity contribution < 1.29 is 14.3 Å². The molecule has 8 nitrogen and oxygen atoms in total. The van der Waals surface area contributed by atoms with Gasteiger partial charge in [-0.05, 0) is 69.0 Å². The van der Waals surface area contributed by atoms with Crippen LogP contribution in [0.5, 0.6) is 0 Å². The van der Waals surface area contributed by atoms with Gasteiger partial charge in [0.2, 0.25) is 11.9 Å². The quantitative estimate of drug-likeness (QED) is 0.754. The van der Waals surface area contributed by atoms with Crippen molar-refractivity contribution in [2.24, 2.45) is 5.41 Å². The molecule has 3 aliphatic rings. The number of amides is 1. The fourth-order valence-corrected chi connectivity index (χ4v) is 5.17. The highest BCUT2D eigenvalue weighted by atomic mass is 16.5. The number of hydrogen-bond donors (Lipinski definition) is 1. The largest absolute Gasteiger partial charge is 0.457 e. The molecule has 2 N–H and O–H groups in total. The summed E-state index contributed by atoms with van der Waals surface area (Å²) in [5.41, 5.74) is 9.59. The smallest absolute Gasteiger partial charge is 0.338 e. The Labute approximate surface area is 181 Å². The molecule has 2 fully saturated rings. The number of carbonyl (C=O) groups excluding carboxylic acids is 2. The van der Waals surface area contributed by atoms with Gasteiger partial charge >= 0.3 is 5.97 Å². The molecule has 0 aliphatic carbocycles. The minimum absolute atomic E-state index is 0.171. The number of fused-ring (bicyclic) bond motifs is 1. The number of ether oxygens (including phenoxy) is 1. The minimum Gasteiger partial charge on any atom is -0.457 e. The molecule has 8 heteroatoms. The summed E-state index contributed by atoms with van der Waals surface area (Å²) < 4.78 is 5.16. The number of anilines is 2. The zero-order valence-electron chi connectivity index (χ0n) is 17.8. The molecule has 2 aromatic rings. The van der Waals surface area contributed by atoms with Gasteiger partial charge in [-0.3, -0.25) is 9.69 Å². The van der Waals surface area contributed by atoms with E-state index in [1.807, 2.05) is 6.07 Å². The number of hydrogen-bond acceptors (Lipinski definition) is 7. The highest BCUT2D eigenvalue weighted by Crippen LogP contribution is 2.42. The Balaban J connectivity index is 1.20. The molecule has 0 bridgehead atoms.